The molecular formula is C30H39N5O8S. The number of anilines is 2. The number of benzene rings is 2. The summed E-state index contributed by atoms with van der Waals surface area (Å²) < 4.78 is 44.8. The quantitative estimate of drug-likeness (QED) is 0.322. The lowest BCUT2D eigenvalue weighted by Crippen LogP contribution is -2.48. The van der Waals surface area contributed by atoms with Gasteiger partial charge in [-0.2, -0.15) is 4.31 Å². The minimum Gasteiger partial charge on any atom is -0.497 e. The van der Waals surface area contributed by atoms with Gasteiger partial charge in [0.1, 0.15) is 28.2 Å². The average Bonchev–Trinajstić information content (AvgIpc) is 3.35. The van der Waals surface area contributed by atoms with Crippen molar-refractivity contribution in [3.05, 3.63) is 59.5 Å². The number of hydrogen-bond donors (Lipinski definition) is 3. The first-order valence-electron chi connectivity index (χ1n) is 14.1. The number of aliphatic hydroxyl groups excluding tert-OH is 1. The van der Waals surface area contributed by atoms with Crippen molar-refractivity contribution in [3.8, 4) is 11.5 Å². The Balaban J connectivity index is 1.61. The molecule has 13 nitrogen and oxygen atoms in total. The summed E-state index contributed by atoms with van der Waals surface area (Å²) in [4.78, 5) is 27.8. The van der Waals surface area contributed by atoms with Gasteiger partial charge in [0.25, 0.3) is 0 Å². The molecular weight excluding hydrogens is 590 g/mol. The van der Waals surface area contributed by atoms with Crippen LogP contribution >= 0.6 is 0 Å². The zero-order chi connectivity index (χ0) is 32.2. The zero-order valence-corrected chi connectivity index (χ0v) is 26.5. The number of carbonyl (C=O) groups excluding carboxylic acids is 2. The highest BCUT2D eigenvalue weighted by Gasteiger charge is 2.35. The van der Waals surface area contributed by atoms with Gasteiger partial charge in [0.15, 0.2) is 5.76 Å². The molecule has 1 aromatic heterocycles. The molecule has 1 aliphatic rings. The summed E-state index contributed by atoms with van der Waals surface area (Å²) in [7, 11) is -0.956. The zero-order valence-electron chi connectivity index (χ0n) is 25.7. The van der Waals surface area contributed by atoms with Crippen molar-refractivity contribution in [2.24, 2.45) is 5.92 Å². The lowest BCUT2D eigenvalue weighted by molar-refractivity contribution is -0.134. The Kier molecular flexibility index (Phi) is 10.2. The predicted molar refractivity (Wildman–Crippen MR) is 163 cm³/mol. The maximum absolute atomic E-state index is 13.5. The van der Waals surface area contributed by atoms with Crippen LogP contribution < -0.4 is 20.1 Å². The summed E-state index contributed by atoms with van der Waals surface area (Å²) in [6, 6.07) is 10.8. The Bertz CT molecular complexity index is 1570. The van der Waals surface area contributed by atoms with Crippen LogP contribution in [0.25, 0.3) is 0 Å². The van der Waals surface area contributed by atoms with Crippen molar-refractivity contribution in [2.75, 3.05) is 44.5 Å². The van der Waals surface area contributed by atoms with Gasteiger partial charge in [-0.1, -0.05) is 12.1 Å². The van der Waals surface area contributed by atoms with Crippen molar-refractivity contribution in [3.63, 3.8) is 0 Å². The van der Waals surface area contributed by atoms with Crippen molar-refractivity contribution >= 4 is 33.3 Å². The lowest BCUT2D eigenvalue weighted by atomic mass is 10.0. The van der Waals surface area contributed by atoms with Crippen LogP contribution in [0.15, 0.2) is 51.9 Å². The van der Waals surface area contributed by atoms with Gasteiger partial charge in [-0.3, -0.25) is 4.79 Å². The minimum atomic E-state index is -3.97. The third-order valence-corrected chi connectivity index (χ3v) is 9.66. The topological polar surface area (TPSA) is 164 Å². The number of likely N-dealkylation sites (N-methyl/N-ethyl adjacent to an activating group) is 1. The first-order chi connectivity index (χ1) is 20.8. The summed E-state index contributed by atoms with van der Waals surface area (Å²) in [5.74, 6) is 0.670. The number of sulfonamides is 1. The molecule has 2 heterocycles. The molecule has 2 aromatic carbocycles. The molecule has 238 valence electrons. The number of urea groups is 1. The van der Waals surface area contributed by atoms with Crippen LogP contribution in [0.4, 0.5) is 16.2 Å². The molecule has 1 aliphatic heterocycles. The van der Waals surface area contributed by atoms with Crippen LogP contribution in [0.5, 0.6) is 11.5 Å². The highest BCUT2D eigenvalue weighted by Crippen LogP contribution is 2.30. The number of fused-ring (bicyclic) bond motifs is 1. The third-order valence-electron chi connectivity index (χ3n) is 7.60. The van der Waals surface area contributed by atoms with E-state index in [1.165, 1.54) is 11.4 Å². The first-order valence-corrected chi connectivity index (χ1v) is 15.6. The van der Waals surface area contributed by atoms with Gasteiger partial charge in [-0.15, -0.1) is 0 Å². The molecule has 0 saturated carbocycles. The van der Waals surface area contributed by atoms with Crippen molar-refractivity contribution in [2.45, 2.75) is 51.2 Å². The minimum absolute atomic E-state index is 0.00506. The molecule has 3 amide bonds. The molecule has 0 bridgehead atoms. The molecule has 14 heteroatoms. The molecule has 3 atom stereocenters. The van der Waals surface area contributed by atoms with Crippen LogP contribution in [0, 0.1) is 19.8 Å². The van der Waals surface area contributed by atoms with Crippen LogP contribution in [-0.4, -0.2) is 85.8 Å². The monoisotopic (exact) mass is 629 g/mol. The summed E-state index contributed by atoms with van der Waals surface area (Å²) in [6.45, 7) is 6.67. The summed E-state index contributed by atoms with van der Waals surface area (Å²) in [6.07, 6.45) is -0.729. The van der Waals surface area contributed by atoms with Gasteiger partial charge >= 0.3 is 6.03 Å². The fourth-order valence-corrected chi connectivity index (χ4v) is 6.51. The van der Waals surface area contributed by atoms with Crippen molar-refractivity contribution in [1.29, 1.82) is 0 Å². The number of hydrogen-bond acceptors (Lipinski definition) is 9. The Hall–Kier alpha value is -4.14. The standard InChI is InChI=1S/C30H39N5O8S/c1-18-15-35(19(2)17-36)28(37)14-22-13-24(32-30(38)31-23-7-10-25(41-6)11-8-23)9-12-26(22)42-27(18)16-34(5)44(39,40)29-20(3)33-43-21(29)4/h7-13,18-19,27,36H,14-17H2,1-6H3,(H2,31,32,38)/t18-,19-,27+/m1/s1. The number of aromatic nitrogens is 1. The van der Waals surface area contributed by atoms with E-state index in [1.807, 2.05) is 6.92 Å². The SMILES string of the molecule is COc1ccc(NC(=O)Nc2ccc3c(c2)CC(=O)N([C@H](C)CO)C[C@@H](C)[C@H](CN(C)S(=O)(=O)c2c(C)noc2C)O3)cc1. The highest BCUT2D eigenvalue weighted by molar-refractivity contribution is 7.89. The van der Waals surface area contributed by atoms with E-state index >= 15 is 0 Å². The maximum atomic E-state index is 13.5. The summed E-state index contributed by atoms with van der Waals surface area (Å²) in [5, 5.41) is 19.2. The number of nitrogens with one attached hydrogen (secondary N) is 2. The number of nitrogens with zero attached hydrogens (tertiary/aromatic N) is 3. The maximum Gasteiger partial charge on any atom is 0.323 e. The molecule has 0 unspecified atom stereocenters. The van der Waals surface area contributed by atoms with Crippen LogP contribution in [0.1, 0.15) is 30.9 Å². The van der Waals surface area contributed by atoms with E-state index < -0.39 is 28.2 Å². The molecule has 0 saturated heterocycles. The second kappa shape index (κ2) is 13.7. The number of ether oxygens (including phenoxy) is 2. The molecule has 0 fully saturated rings. The number of aryl methyl sites for hydroxylation is 2. The fraction of sp³-hybridized carbons (Fsp3) is 0.433. The number of rotatable bonds is 9. The van der Waals surface area contributed by atoms with Gasteiger partial charge < -0.3 is 34.6 Å². The van der Waals surface area contributed by atoms with Crippen LogP contribution in [0.2, 0.25) is 0 Å². The third kappa shape index (κ3) is 7.31. The molecule has 0 aliphatic carbocycles. The molecule has 4 rings (SSSR count). The Morgan fingerprint density at radius 2 is 1.84 bits per heavy atom. The Morgan fingerprint density at radius 3 is 2.45 bits per heavy atom. The first kappa shape index (κ1) is 32.8. The van der Waals surface area contributed by atoms with E-state index in [0.29, 0.717) is 28.4 Å². The molecule has 0 radical (unpaired) electrons. The van der Waals surface area contributed by atoms with Crippen molar-refractivity contribution in [1.82, 2.24) is 14.4 Å². The lowest BCUT2D eigenvalue weighted by Gasteiger charge is -2.33. The second-order valence-corrected chi connectivity index (χ2v) is 12.9. The van der Waals surface area contributed by atoms with E-state index in [9.17, 15) is 23.1 Å². The average molecular weight is 630 g/mol. The second-order valence-electron chi connectivity index (χ2n) is 11.0. The van der Waals surface area contributed by atoms with E-state index in [2.05, 4.69) is 15.8 Å². The number of aliphatic hydroxyl groups is 1. The van der Waals surface area contributed by atoms with E-state index in [-0.39, 0.29) is 54.3 Å². The molecule has 3 aromatic rings. The van der Waals surface area contributed by atoms with E-state index in [0.717, 1.165) is 0 Å². The van der Waals surface area contributed by atoms with Gasteiger partial charge in [-0.25, -0.2) is 13.2 Å². The normalized spacial score (nSPS) is 18.0. The van der Waals surface area contributed by atoms with Gasteiger partial charge in [-0.05, 0) is 63.2 Å². The van der Waals surface area contributed by atoms with Crippen LogP contribution in [0.3, 0.4) is 0 Å². The van der Waals surface area contributed by atoms with Gasteiger partial charge in [0.2, 0.25) is 15.9 Å². The number of methoxy groups -OCH3 is 1. The summed E-state index contributed by atoms with van der Waals surface area (Å²) in [5.41, 5.74) is 1.75. The number of amides is 3. The molecule has 44 heavy (non-hydrogen) atoms. The van der Waals surface area contributed by atoms with Gasteiger partial charge in [0.05, 0.1) is 32.7 Å². The fourth-order valence-electron chi connectivity index (χ4n) is 5.04. The number of carbonyl (C=O) groups is 2. The Labute approximate surface area is 257 Å². The van der Waals surface area contributed by atoms with E-state index in [1.54, 1.807) is 75.2 Å². The van der Waals surface area contributed by atoms with E-state index in [4.69, 9.17) is 14.0 Å². The van der Waals surface area contributed by atoms with Crippen LogP contribution in [-0.2, 0) is 21.2 Å². The Morgan fingerprint density at radius 1 is 1.18 bits per heavy atom. The predicted octanol–water partition coefficient (Wildman–Crippen LogP) is 3.41. The largest absolute Gasteiger partial charge is 0.497 e. The molecule has 0 spiro atoms. The highest BCUT2D eigenvalue weighted by atomic mass is 32.2. The molecule has 3 N–H and O–H groups in total. The smallest absolute Gasteiger partial charge is 0.323 e. The van der Waals surface area contributed by atoms with Gasteiger partial charge in [0, 0.05) is 36.4 Å². The summed E-state index contributed by atoms with van der Waals surface area (Å²) >= 11 is 0. The van der Waals surface area contributed by atoms with Crippen molar-refractivity contribution < 1.29 is 37.1 Å².